The van der Waals surface area contributed by atoms with E-state index in [9.17, 15) is 0 Å². The van der Waals surface area contributed by atoms with Gasteiger partial charge in [-0.15, -0.1) is 0 Å². The predicted octanol–water partition coefficient (Wildman–Crippen LogP) is 4.19. The number of pyridine rings is 4. The van der Waals surface area contributed by atoms with Gasteiger partial charge in [-0.05, 0) is 48.5 Å². The van der Waals surface area contributed by atoms with Crippen molar-refractivity contribution < 1.29 is 4.79 Å². The molecule has 0 amide bonds. The minimum atomic E-state index is 0.750. The Bertz CT molecular complexity index is 777. The van der Waals surface area contributed by atoms with Crippen LogP contribution >= 0.6 is 0 Å². The third-order valence-electron chi connectivity index (χ3n) is 3.18. The molecule has 0 unspecified atom stereocenters. The SMILES string of the molecule is N=C=O.c1ccc(-c2ccccn2)nc1.c1ccc(-c2ccccn2)nc1. The Hall–Kier alpha value is -4.02. The second-order valence-corrected chi connectivity index (χ2v) is 4.96. The second-order valence-electron chi connectivity index (χ2n) is 4.96. The van der Waals surface area contributed by atoms with Crippen molar-refractivity contribution in [3.8, 4) is 22.8 Å². The van der Waals surface area contributed by atoms with Gasteiger partial charge in [-0.3, -0.25) is 19.9 Å². The Kier molecular flexibility index (Phi) is 8.24. The topological polar surface area (TPSA) is 92.5 Å². The first-order valence-electron chi connectivity index (χ1n) is 8.04. The number of isocyanates is 1. The van der Waals surface area contributed by atoms with Crippen molar-refractivity contribution in [3.63, 3.8) is 0 Å². The van der Waals surface area contributed by atoms with E-state index >= 15 is 0 Å². The number of nitrogens with zero attached hydrogens (tertiary/aromatic N) is 4. The fraction of sp³-hybridized carbons (Fsp3) is 0. The summed E-state index contributed by atoms with van der Waals surface area (Å²) in [4.78, 5) is 25.1. The van der Waals surface area contributed by atoms with Gasteiger partial charge in [-0.2, -0.15) is 0 Å². The van der Waals surface area contributed by atoms with Crippen LogP contribution in [0.2, 0.25) is 0 Å². The van der Waals surface area contributed by atoms with Crippen LogP contribution in [-0.4, -0.2) is 26.0 Å². The zero-order chi connectivity index (χ0) is 19.2. The van der Waals surface area contributed by atoms with E-state index in [-0.39, 0.29) is 0 Å². The lowest BCUT2D eigenvalue weighted by Crippen LogP contribution is -1.83. The van der Waals surface area contributed by atoms with Gasteiger partial charge < -0.3 is 0 Å². The molecule has 4 aromatic heterocycles. The van der Waals surface area contributed by atoms with E-state index in [2.05, 4.69) is 19.9 Å². The number of nitrogens with one attached hydrogen (secondary N) is 1. The smallest absolute Gasteiger partial charge is 0.231 e. The standard InChI is InChI=1S/2C10H8N2.CHNO/c2*1-3-7-11-9(5-1)10-6-2-4-8-12-10;2-1-3/h2*1-8H;2H. The Morgan fingerprint density at radius 2 is 0.741 bits per heavy atom. The molecule has 0 bridgehead atoms. The average molecular weight is 355 g/mol. The lowest BCUT2D eigenvalue weighted by Gasteiger charge is -1.96. The minimum Gasteiger partial charge on any atom is -0.255 e. The summed E-state index contributed by atoms with van der Waals surface area (Å²) in [5, 5.41) is 5.40. The van der Waals surface area contributed by atoms with Crippen LogP contribution in [0, 0.1) is 5.41 Å². The fourth-order valence-corrected chi connectivity index (χ4v) is 2.06. The molecule has 6 nitrogen and oxygen atoms in total. The van der Waals surface area contributed by atoms with Gasteiger partial charge >= 0.3 is 0 Å². The summed E-state index contributed by atoms with van der Waals surface area (Å²) >= 11 is 0. The molecule has 0 radical (unpaired) electrons. The first-order valence-corrected chi connectivity index (χ1v) is 8.04. The number of aromatic nitrogens is 4. The van der Waals surface area contributed by atoms with Crippen LogP contribution in [0.3, 0.4) is 0 Å². The molecule has 0 saturated heterocycles. The van der Waals surface area contributed by atoms with Crippen molar-refractivity contribution in [1.29, 1.82) is 5.41 Å². The van der Waals surface area contributed by atoms with Crippen molar-refractivity contribution in [2.45, 2.75) is 0 Å². The number of rotatable bonds is 2. The Balaban J connectivity index is 0.000000170. The summed E-state index contributed by atoms with van der Waals surface area (Å²) < 4.78 is 0. The molecule has 4 heterocycles. The molecule has 0 aliphatic rings. The van der Waals surface area contributed by atoms with Crippen molar-refractivity contribution >= 4 is 6.08 Å². The molecule has 1 N–H and O–H groups in total. The highest BCUT2D eigenvalue weighted by Crippen LogP contribution is 2.11. The summed E-state index contributed by atoms with van der Waals surface area (Å²) in [5.41, 5.74) is 3.66. The van der Waals surface area contributed by atoms with Crippen LogP contribution in [0.1, 0.15) is 0 Å². The first kappa shape index (κ1) is 19.3. The molecule has 132 valence electrons. The zero-order valence-electron chi connectivity index (χ0n) is 14.4. The van der Waals surface area contributed by atoms with Crippen LogP contribution in [-0.2, 0) is 4.79 Å². The lowest BCUT2D eigenvalue weighted by molar-refractivity contribution is 0.563. The van der Waals surface area contributed by atoms with E-state index in [1.54, 1.807) is 24.8 Å². The van der Waals surface area contributed by atoms with E-state index in [4.69, 9.17) is 10.2 Å². The molecule has 0 saturated carbocycles. The summed E-state index contributed by atoms with van der Waals surface area (Å²) in [7, 11) is 0. The molecule has 0 atom stereocenters. The van der Waals surface area contributed by atoms with Gasteiger partial charge in [-0.25, -0.2) is 10.2 Å². The normalized spacial score (nSPS) is 8.89. The largest absolute Gasteiger partial charge is 0.255 e. The van der Waals surface area contributed by atoms with Crippen molar-refractivity contribution in [2.75, 3.05) is 0 Å². The molecule has 0 spiro atoms. The van der Waals surface area contributed by atoms with Crippen LogP contribution in [0.25, 0.3) is 22.8 Å². The molecule has 0 aromatic carbocycles. The highest BCUT2D eigenvalue weighted by molar-refractivity contribution is 5.53. The zero-order valence-corrected chi connectivity index (χ0v) is 14.4. The Morgan fingerprint density at radius 3 is 0.889 bits per heavy atom. The molecule has 0 fully saturated rings. The highest BCUT2D eigenvalue weighted by Gasteiger charge is 1.96. The monoisotopic (exact) mass is 355 g/mol. The van der Waals surface area contributed by atoms with Crippen LogP contribution < -0.4 is 0 Å². The fourth-order valence-electron chi connectivity index (χ4n) is 2.06. The van der Waals surface area contributed by atoms with E-state index in [0.717, 1.165) is 28.9 Å². The van der Waals surface area contributed by atoms with Crippen LogP contribution in [0.15, 0.2) is 97.6 Å². The first-order chi connectivity index (χ1) is 13.3. The van der Waals surface area contributed by atoms with Gasteiger partial charge in [0, 0.05) is 24.8 Å². The van der Waals surface area contributed by atoms with Crippen molar-refractivity contribution in [2.24, 2.45) is 0 Å². The van der Waals surface area contributed by atoms with Crippen LogP contribution in [0.5, 0.6) is 0 Å². The molecule has 27 heavy (non-hydrogen) atoms. The quantitative estimate of drug-likeness (QED) is 0.430. The van der Waals surface area contributed by atoms with E-state index < -0.39 is 0 Å². The molecule has 0 aliphatic heterocycles. The Labute approximate surface area is 157 Å². The maximum atomic E-state index is 8.35. The van der Waals surface area contributed by atoms with E-state index in [1.807, 2.05) is 72.8 Å². The third-order valence-corrected chi connectivity index (χ3v) is 3.18. The van der Waals surface area contributed by atoms with E-state index in [0.29, 0.717) is 0 Å². The minimum absolute atomic E-state index is 0.750. The highest BCUT2D eigenvalue weighted by atomic mass is 16.1. The molecular weight excluding hydrogens is 338 g/mol. The van der Waals surface area contributed by atoms with Crippen LogP contribution in [0.4, 0.5) is 0 Å². The van der Waals surface area contributed by atoms with Gasteiger partial charge in [0.05, 0.1) is 22.8 Å². The summed E-state index contributed by atoms with van der Waals surface area (Å²) in [5.74, 6) is 0. The maximum Gasteiger partial charge on any atom is 0.231 e. The predicted molar refractivity (Wildman–Crippen MR) is 103 cm³/mol. The molecular formula is C21H17N5O. The number of hydrogen-bond donors (Lipinski definition) is 1. The Morgan fingerprint density at radius 1 is 0.519 bits per heavy atom. The van der Waals surface area contributed by atoms with Crippen molar-refractivity contribution in [3.05, 3.63) is 97.6 Å². The summed E-state index contributed by atoms with van der Waals surface area (Å²) in [6.07, 6.45) is 7.82. The molecule has 4 rings (SSSR count). The average Bonchev–Trinajstić information content (AvgIpc) is 2.77. The maximum absolute atomic E-state index is 8.35. The molecule has 6 heteroatoms. The van der Waals surface area contributed by atoms with Crippen molar-refractivity contribution in [1.82, 2.24) is 19.9 Å². The third kappa shape index (κ3) is 6.78. The van der Waals surface area contributed by atoms with E-state index in [1.165, 1.54) is 0 Å². The van der Waals surface area contributed by atoms with Gasteiger partial charge in [0.2, 0.25) is 6.08 Å². The lowest BCUT2D eigenvalue weighted by atomic mass is 10.2. The second kappa shape index (κ2) is 11.5. The van der Waals surface area contributed by atoms with Gasteiger partial charge in [-0.1, -0.05) is 24.3 Å². The molecule has 0 aliphatic carbocycles. The summed E-state index contributed by atoms with van der Waals surface area (Å²) in [6, 6.07) is 23.2. The van der Waals surface area contributed by atoms with Gasteiger partial charge in [0.1, 0.15) is 0 Å². The number of carbonyl (C=O) groups excluding carboxylic acids is 1. The number of hydrogen-bond acceptors (Lipinski definition) is 6. The van der Waals surface area contributed by atoms with Gasteiger partial charge in [0.15, 0.2) is 0 Å². The van der Waals surface area contributed by atoms with Gasteiger partial charge in [0.25, 0.3) is 0 Å². The molecule has 4 aromatic rings. The summed E-state index contributed by atoms with van der Waals surface area (Å²) in [6.45, 7) is 0.